The number of rotatable bonds is 9. The van der Waals surface area contributed by atoms with Gasteiger partial charge in [0.15, 0.2) is 5.16 Å². The summed E-state index contributed by atoms with van der Waals surface area (Å²) in [7, 11) is 0. The van der Waals surface area contributed by atoms with Gasteiger partial charge in [-0.1, -0.05) is 61.4 Å². The molecule has 3 aromatic rings. The molecule has 0 unspecified atom stereocenters. The monoisotopic (exact) mass is 513 g/mol. The van der Waals surface area contributed by atoms with Crippen LogP contribution in [0.2, 0.25) is 0 Å². The zero-order valence-electron chi connectivity index (χ0n) is 20.2. The van der Waals surface area contributed by atoms with Gasteiger partial charge in [0, 0.05) is 12.6 Å². The molecule has 1 saturated carbocycles. The van der Waals surface area contributed by atoms with E-state index in [0.29, 0.717) is 38.8 Å². The number of nitrogens with zero attached hydrogens (tertiary/aromatic N) is 2. The number of amides is 1. The van der Waals surface area contributed by atoms with Crippen LogP contribution in [0.25, 0.3) is 10.2 Å². The molecule has 1 aromatic carbocycles. The zero-order valence-corrected chi connectivity index (χ0v) is 21.8. The first kappa shape index (κ1) is 25.4. The average Bonchev–Trinajstić information content (AvgIpc) is 3.20. The largest absolute Gasteiger partial charge is 0.462 e. The van der Waals surface area contributed by atoms with E-state index in [0.717, 1.165) is 31.2 Å². The highest BCUT2D eigenvalue weighted by Gasteiger charge is 2.23. The quantitative estimate of drug-likeness (QED) is 0.253. The molecule has 0 atom stereocenters. The summed E-state index contributed by atoms with van der Waals surface area (Å²) in [6.07, 6.45) is 6.23. The highest BCUT2D eigenvalue weighted by molar-refractivity contribution is 7.99. The van der Waals surface area contributed by atoms with Crippen LogP contribution in [-0.2, 0) is 22.5 Å². The zero-order chi connectivity index (χ0) is 24.8. The number of nitrogens with one attached hydrogen (secondary N) is 1. The molecule has 0 saturated heterocycles. The van der Waals surface area contributed by atoms with Crippen LogP contribution in [0, 0.1) is 6.92 Å². The topological polar surface area (TPSA) is 90.3 Å². The van der Waals surface area contributed by atoms with Crippen LogP contribution in [0.5, 0.6) is 0 Å². The average molecular weight is 514 g/mol. The highest BCUT2D eigenvalue weighted by Crippen LogP contribution is 2.30. The summed E-state index contributed by atoms with van der Waals surface area (Å²) in [5, 5.41) is 4.07. The molecule has 0 bridgehead atoms. The molecule has 0 aliphatic heterocycles. The second-order valence-corrected chi connectivity index (χ2v) is 10.7. The van der Waals surface area contributed by atoms with Crippen LogP contribution >= 0.6 is 23.1 Å². The summed E-state index contributed by atoms with van der Waals surface area (Å²) in [4.78, 5) is 44.3. The Kier molecular flexibility index (Phi) is 8.62. The third kappa shape index (κ3) is 6.13. The fourth-order valence-electron chi connectivity index (χ4n) is 4.43. The standard InChI is InChI=1S/C26H31N3O4S2/c1-3-33-25(32)22-17(2)21-23(35-22)28-26(34-16-20(30)27-19-12-8-5-9-13-19)29(24(21)31)15-14-18-10-6-4-7-11-18/h4,6-7,10-11,19H,3,5,8-9,12-16H2,1-2H3,(H,27,30). The van der Waals surface area contributed by atoms with Crippen LogP contribution < -0.4 is 10.9 Å². The Balaban J connectivity index is 1.62. The van der Waals surface area contributed by atoms with Gasteiger partial charge in [0.2, 0.25) is 5.91 Å². The predicted molar refractivity (Wildman–Crippen MR) is 140 cm³/mol. The molecule has 1 aliphatic rings. The van der Waals surface area contributed by atoms with E-state index < -0.39 is 5.97 Å². The van der Waals surface area contributed by atoms with Crippen molar-refractivity contribution in [2.75, 3.05) is 12.4 Å². The molecule has 1 amide bonds. The van der Waals surface area contributed by atoms with Crippen molar-refractivity contribution >= 4 is 45.2 Å². The van der Waals surface area contributed by atoms with Gasteiger partial charge >= 0.3 is 5.97 Å². The number of carbonyl (C=O) groups is 2. The van der Waals surface area contributed by atoms with Gasteiger partial charge in [-0.2, -0.15) is 0 Å². The Morgan fingerprint density at radius 2 is 1.94 bits per heavy atom. The van der Waals surface area contributed by atoms with Gasteiger partial charge in [-0.15, -0.1) is 11.3 Å². The maximum Gasteiger partial charge on any atom is 0.348 e. The lowest BCUT2D eigenvalue weighted by molar-refractivity contribution is -0.119. The SMILES string of the molecule is CCOC(=O)c1sc2nc(SCC(=O)NC3CCCCC3)n(CCc3ccccc3)c(=O)c2c1C. The van der Waals surface area contributed by atoms with Gasteiger partial charge < -0.3 is 10.1 Å². The Morgan fingerprint density at radius 1 is 1.20 bits per heavy atom. The minimum atomic E-state index is -0.440. The third-order valence-electron chi connectivity index (χ3n) is 6.25. The Morgan fingerprint density at radius 3 is 2.66 bits per heavy atom. The number of thiophene rings is 1. The van der Waals surface area contributed by atoms with E-state index in [-0.39, 0.29) is 29.9 Å². The molecule has 2 aromatic heterocycles. The van der Waals surface area contributed by atoms with Gasteiger partial charge in [-0.3, -0.25) is 14.2 Å². The van der Waals surface area contributed by atoms with E-state index in [4.69, 9.17) is 9.72 Å². The Bertz CT molecular complexity index is 1250. The van der Waals surface area contributed by atoms with Gasteiger partial charge in [0.25, 0.3) is 5.56 Å². The van der Waals surface area contributed by atoms with Gasteiger partial charge in [0.05, 0.1) is 17.7 Å². The highest BCUT2D eigenvalue weighted by atomic mass is 32.2. The summed E-state index contributed by atoms with van der Waals surface area (Å²) >= 11 is 2.45. The molecular formula is C26H31N3O4S2. The summed E-state index contributed by atoms with van der Waals surface area (Å²) in [6, 6.07) is 10.2. The maximum atomic E-state index is 13.6. The van der Waals surface area contributed by atoms with Crippen molar-refractivity contribution in [3.63, 3.8) is 0 Å². The molecule has 1 N–H and O–H groups in total. The molecule has 35 heavy (non-hydrogen) atoms. The Hall–Kier alpha value is -2.65. The number of aryl methyl sites for hydroxylation is 2. The van der Waals surface area contributed by atoms with E-state index in [2.05, 4.69) is 5.32 Å². The molecular weight excluding hydrogens is 482 g/mol. The first-order valence-electron chi connectivity index (χ1n) is 12.1. The number of ether oxygens (including phenoxy) is 1. The molecule has 2 heterocycles. The fraction of sp³-hybridized carbons (Fsp3) is 0.462. The number of fused-ring (bicyclic) bond motifs is 1. The van der Waals surface area contributed by atoms with Crippen LogP contribution in [-0.4, -0.2) is 39.8 Å². The summed E-state index contributed by atoms with van der Waals surface area (Å²) in [5.41, 5.74) is 1.52. The van der Waals surface area contributed by atoms with Crippen LogP contribution in [0.15, 0.2) is 40.3 Å². The second-order valence-electron chi connectivity index (χ2n) is 8.73. The lowest BCUT2D eigenvalue weighted by Crippen LogP contribution is -2.37. The molecule has 0 spiro atoms. The molecule has 0 radical (unpaired) electrons. The summed E-state index contributed by atoms with van der Waals surface area (Å²) in [5.74, 6) is -0.292. The molecule has 9 heteroatoms. The van der Waals surface area contributed by atoms with Crippen molar-refractivity contribution < 1.29 is 14.3 Å². The van der Waals surface area contributed by atoms with Crippen LogP contribution in [0.4, 0.5) is 0 Å². The fourth-order valence-corrected chi connectivity index (χ4v) is 6.38. The number of esters is 1. The molecule has 4 rings (SSSR count). The molecule has 1 fully saturated rings. The van der Waals surface area contributed by atoms with Gasteiger partial charge in [-0.05, 0) is 44.2 Å². The maximum absolute atomic E-state index is 13.6. The van der Waals surface area contributed by atoms with Crippen molar-refractivity contribution in [2.45, 2.75) is 70.1 Å². The number of thioether (sulfide) groups is 1. The van der Waals surface area contributed by atoms with E-state index in [1.54, 1.807) is 18.4 Å². The normalized spacial score (nSPS) is 14.2. The minimum absolute atomic E-state index is 0.0413. The lowest BCUT2D eigenvalue weighted by Gasteiger charge is -2.22. The van der Waals surface area contributed by atoms with Crippen LogP contribution in [0.3, 0.4) is 0 Å². The lowest BCUT2D eigenvalue weighted by atomic mass is 9.95. The molecule has 186 valence electrons. The van der Waals surface area contributed by atoms with Crippen LogP contribution in [0.1, 0.15) is 59.8 Å². The number of benzene rings is 1. The number of hydrogen-bond acceptors (Lipinski definition) is 7. The molecule has 1 aliphatic carbocycles. The first-order chi connectivity index (χ1) is 17.0. The smallest absolute Gasteiger partial charge is 0.348 e. The number of carbonyl (C=O) groups excluding carboxylic acids is 2. The van der Waals surface area contributed by atoms with Gasteiger partial charge in [0.1, 0.15) is 9.71 Å². The van der Waals surface area contributed by atoms with Crippen molar-refractivity contribution in [3.05, 3.63) is 56.7 Å². The second kappa shape index (κ2) is 11.9. The van der Waals surface area contributed by atoms with Gasteiger partial charge in [-0.25, -0.2) is 9.78 Å². The van der Waals surface area contributed by atoms with Crippen molar-refractivity contribution in [1.29, 1.82) is 0 Å². The van der Waals surface area contributed by atoms with E-state index >= 15 is 0 Å². The molecule has 7 nitrogen and oxygen atoms in total. The summed E-state index contributed by atoms with van der Waals surface area (Å²) < 4.78 is 6.81. The Labute approximate surface area is 213 Å². The number of aromatic nitrogens is 2. The third-order valence-corrected chi connectivity index (χ3v) is 8.39. The van der Waals surface area contributed by atoms with Crippen molar-refractivity contribution in [1.82, 2.24) is 14.9 Å². The van der Waals surface area contributed by atoms with Crippen molar-refractivity contribution in [3.8, 4) is 0 Å². The first-order valence-corrected chi connectivity index (χ1v) is 13.9. The van der Waals surface area contributed by atoms with E-state index in [1.165, 1.54) is 29.5 Å². The van der Waals surface area contributed by atoms with Crippen molar-refractivity contribution in [2.24, 2.45) is 0 Å². The summed E-state index contributed by atoms with van der Waals surface area (Å²) in [6.45, 7) is 4.21. The van der Waals surface area contributed by atoms with E-state index in [1.807, 2.05) is 30.3 Å². The van der Waals surface area contributed by atoms with E-state index in [9.17, 15) is 14.4 Å². The number of hydrogen-bond donors (Lipinski definition) is 1. The predicted octanol–water partition coefficient (Wildman–Crippen LogP) is 4.73. The minimum Gasteiger partial charge on any atom is -0.462 e.